The van der Waals surface area contributed by atoms with Gasteiger partial charge < -0.3 is 0 Å². The van der Waals surface area contributed by atoms with Crippen molar-refractivity contribution < 1.29 is 9.21 Å². The maximum Gasteiger partial charge on any atom is 0.340 e. The van der Waals surface area contributed by atoms with Crippen LogP contribution in [0, 0.1) is 5.41 Å². The Morgan fingerprint density at radius 2 is 1.84 bits per heavy atom. The summed E-state index contributed by atoms with van der Waals surface area (Å²) in [6.07, 6.45) is 3.36. The molecule has 0 fully saturated rings. The van der Waals surface area contributed by atoms with Crippen molar-refractivity contribution in [3.8, 4) is 11.1 Å². The van der Waals surface area contributed by atoms with Gasteiger partial charge in [-0.25, -0.2) is 4.42 Å². The zero-order valence-electron chi connectivity index (χ0n) is 11.3. The molecule has 0 bridgehead atoms. The molecule has 0 unspecified atom stereocenters. The lowest BCUT2D eigenvalue weighted by atomic mass is 9.73. The van der Waals surface area contributed by atoms with E-state index in [2.05, 4.69) is 0 Å². The maximum atomic E-state index is 12.7. The van der Waals surface area contributed by atoms with E-state index in [0.717, 1.165) is 35.3 Å². The van der Waals surface area contributed by atoms with Crippen LogP contribution < -0.4 is 0 Å². The normalized spacial score (nSPS) is 17.1. The molecular formula is C17H17O2+. The smallest absolute Gasteiger partial charge is 0.293 e. The number of fused-ring (bicyclic) bond motifs is 1. The summed E-state index contributed by atoms with van der Waals surface area (Å²) in [7, 11) is 0. The van der Waals surface area contributed by atoms with E-state index in [4.69, 9.17) is 4.42 Å². The Morgan fingerprint density at radius 1 is 1.11 bits per heavy atom. The van der Waals surface area contributed by atoms with Crippen molar-refractivity contribution >= 4 is 5.78 Å². The van der Waals surface area contributed by atoms with Crippen molar-refractivity contribution in [2.24, 2.45) is 5.41 Å². The summed E-state index contributed by atoms with van der Waals surface area (Å²) in [5.41, 5.74) is 2.53. The standard InChI is InChI=1S/C17H17O2/c1-17(2)10-8-14-15(16(17)18)13(9-11-19-14)12-6-4-3-5-7-12/h3-7,9,11H,8,10H2,1-2H3/q+1. The second-order valence-electron chi connectivity index (χ2n) is 5.71. The molecule has 1 aromatic carbocycles. The van der Waals surface area contributed by atoms with Gasteiger partial charge in [0.2, 0.25) is 0 Å². The van der Waals surface area contributed by atoms with Crippen LogP contribution in [0.4, 0.5) is 0 Å². The van der Waals surface area contributed by atoms with Gasteiger partial charge in [-0.15, -0.1) is 0 Å². The zero-order chi connectivity index (χ0) is 13.5. The summed E-state index contributed by atoms with van der Waals surface area (Å²) in [6.45, 7) is 4.03. The van der Waals surface area contributed by atoms with Gasteiger partial charge in [-0.1, -0.05) is 44.2 Å². The highest BCUT2D eigenvalue weighted by atomic mass is 16.3. The van der Waals surface area contributed by atoms with Crippen LogP contribution in [0.3, 0.4) is 0 Å². The lowest BCUT2D eigenvalue weighted by Gasteiger charge is -2.26. The molecule has 19 heavy (non-hydrogen) atoms. The van der Waals surface area contributed by atoms with Gasteiger partial charge in [0.15, 0.2) is 5.78 Å². The number of carbonyl (C=O) groups excluding carboxylic acids is 1. The molecule has 1 heterocycles. The molecule has 0 amide bonds. The van der Waals surface area contributed by atoms with E-state index in [1.54, 1.807) is 6.26 Å². The number of benzene rings is 1. The third-order valence-electron chi connectivity index (χ3n) is 3.90. The average Bonchev–Trinajstić information content (AvgIpc) is 2.44. The van der Waals surface area contributed by atoms with Gasteiger partial charge >= 0.3 is 12.0 Å². The maximum absolute atomic E-state index is 12.7. The van der Waals surface area contributed by atoms with E-state index >= 15 is 0 Å². The first-order valence-corrected chi connectivity index (χ1v) is 6.63. The van der Waals surface area contributed by atoms with Crippen LogP contribution in [-0.2, 0) is 6.42 Å². The third kappa shape index (κ3) is 1.97. The Bertz CT molecular complexity index is 627. The Balaban J connectivity index is 2.22. The van der Waals surface area contributed by atoms with E-state index in [1.165, 1.54) is 0 Å². The highest BCUT2D eigenvalue weighted by molar-refractivity contribution is 6.06. The number of carbonyl (C=O) groups is 1. The summed E-state index contributed by atoms with van der Waals surface area (Å²) >= 11 is 0. The van der Waals surface area contributed by atoms with Crippen molar-refractivity contribution in [2.45, 2.75) is 26.7 Å². The number of ketones is 1. The van der Waals surface area contributed by atoms with Crippen molar-refractivity contribution in [3.63, 3.8) is 0 Å². The number of hydrogen-bond donors (Lipinski definition) is 0. The number of hydrogen-bond acceptors (Lipinski definition) is 1. The van der Waals surface area contributed by atoms with Gasteiger partial charge in [-0.2, -0.15) is 0 Å². The first-order chi connectivity index (χ1) is 9.09. The fraction of sp³-hybridized carbons (Fsp3) is 0.294. The summed E-state index contributed by atoms with van der Waals surface area (Å²) in [5, 5.41) is 0. The first kappa shape index (κ1) is 12.1. The fourth-order valence-electron chi connectivity index (χ4n) is 2.65. The van der Waals surface area contributed by atoms with Gasteiger partial charge in [0.25, 0.3) is 0 Å². The second kappa shape index (κ2) is 4.30. The van der Waals surface area contributed by atoms with Gasteiger partial charge in [-0.3, -0.25) is 4.79 Å². The number of rotatable bonds is 1. The summed E-state index contributed by atoms with van der Waals surface area (Å²) in [5.74, 6) is 1.02. The topological polar surface area (TPSA) is 28.4 Å². The minimum atomic E-state index is -0.298. The van der Waals surface area contributed by atoms with Gasteiger partial charge in [0.1, 0.15) is 5.56 Å². The predicted molar refractivity (Wildman–Crippen MR) is 75.0 cm³/mol. The molecule has 2 heteroatoms. The molecule has 0 saturated carbocycles. The average molecular weight is 253 g/mol. The third-order valence-corrected chi connectivity index (χ3v) is 3.90. The van der Waals surface area contributed by atoms with Crippen LogP contribution in [0.25, 0.3) is 11.1 Å². The van der Waals surface area contributed by atoms with Crippen LogP contribution >= 0.6 is 0 Å². The monoisotopic (exact) mass is 253 g/mol. The van der Waals surface area contributed by atoms with E-state index in [0.29, 0.717) is 0 Å². The minimum absolute atomic E-state index is 0.192. The Hall–Kier alpha value is -1.96. The Kier molecular flexibility index (Phi) is 2.74. The summed E-state index contributed by atoms with van der Waals surface area (Å²) in [6, 6.07) is 11.9. The van der Waals surface area contributed by atoms with E-state index in [-0.39, 0.29) is 11.2 Å². The van der Waals surface area contributed by atoms with E-state index in [9.17, 15) is 4.79 Å². The first-order valence-electron chi connectivity index (χ1n) is 6.63. The zero-order valence-corrected chi connectivity index (χ0v) is 11.3. The molecule has 1 aliphatic rings. The second-order valence-corrected chi connectivity index (χ2v) is 5.71. The number of aryl methyl sites for hydroxylation is 1. The minimum Gasteiger partial charge on any atom is -0.293 e. The molecule has 96 valence electrons. The molecule has 2 nitrogen and oxygen atoms in total. The van der Waals surface area contributed by atoms with Crippen LogP contribution in [0.1, 0.15) is 36.4 Å². The van der Waals surface area contributed by atoms with Crippen LogP contribution in [-0.4, -0.2) is 5.78 Å². The largest absolute Gasteiger partial charge is 0.340 e. The van der Waals surface area contributed by atoms with Crippen LogP contribution in [0.15, 0.2) is 47.1 Å². The Morgan fingerprint density at radius 3 is 2.58 bits per heavy atom. The summed E-state index contributed by atoms with van der Waals surface area (Å²) in [4.78, 5) is 12.7. The Labute approximate surface area is 113 Å². The molecule has 0 spiro atoms. The van der Waals surface area contributed by atoms with Crippen LogP contribution in [0.5, 0.6) is 0 Å². The quantitative estimate of drug-likeness (QED) is 0.705. The highest BCUT2D eigenvalue weighted by Gasteiger charge is 2.41. The van der Waals surface area contributed by atoms with Crippen molar-refractivity contribution in [2.75, 3.05) is 0 Å². The van der Waals surface area contributed by atoms with Crippen molar-refractivity contribution in [3.05, 3.63) is 54.0 Å². The molecule has 0 saturated heterocycles. The van der Waals surface area contributed by atoms with Crippen molar-refractivity contribution in [1.29, 1.82) is 0 Å². The highest BCUT2D eigenvalue weighted by Crippen LogP contribution is 2.39. The summed E-state index contributed by atoms with van der Waals surface area (Å²) < 4.78 is 5.55. The molecule has 2 aromatic rings. The lowest BCUT2D eigenvalue weighted by Crippen LogP contribution is -2.30. The molecule has 0 radical (unpaired) electrons. The fourth-order valence-corrected chi connectivity index (χ4v) is 2.65. The molecular weight excluding hydrogens is 236 g/mol. The van der Waals surface area contributed by atoms with E-state index in [1.807, 2.05) is 50.2 Å². The van der Waals surface area contributed by atoms with Crippen LogP contribution in [0.2, 0.25) is 0 Å². The van der Waals surface area contributed by atoms with Gasteiger partial charge in [-0.05, 0) is 12.0 Å². The predicted octanol–water partition coefficient (Wildman–Crippen LogP) is 4.38. The lowest BCUT2D eigenvalue weighted by molar-refractivity contribution is 0.0801. The number of Topliss-reactive ketones (excluding diaryl/α,β-unsaturated/α-hetero) is 1. The molecule has 0 atom stereocenters. The molecule has 3 rings (SSSR count). The molecule has 0 N–H and O–H groups in total. The van der Waals surface area contributed by atoms with E-state index < -0.39 is 0 Å². The molecule has 0 aliphatic heterocycles. The SMILES string of the molecule is CC1(C)CCc2[o+]ccc(-c3ccccc3)c2C1=O. The molecule has 1 aromatic heterocycles. The molecule has 1 aliphatic carbocycles. The van der Waals surface area contributed by atoms with Gasteiger partial charge in [0, 0.05) is 17.0 Å². The van der Waals surface area contributed by atoms with Gasteiger partial charge in [0.05, 0.1) is 6.42 Å². The van der Waals surface area contributed by atoms with Crippen molar-refractivity contribution in [1.82, 2.24) is 0 Å².